The molecule has 0 spiro atoms. The highest BCUT2D eigenvalue weighted by Crippen LogP contribution is 2.34. The number of carbonyl (C=O) groups is 2. The third kappa shape index (κ3) is 23.7. The quantitative estimate of drug-likeness (QED) is 0.0340. The molecule has 4 rings (SSSR count). The molecular formula is C53H105N3O25Si2. The van der Waals surface area contributed by atoms with E-state index >= 15 is 0 Å². The average Bonchev–Trinajstić information content (AvgIpc) is 4.01. The number of ether oxygens (including phenoxy) is 5. The van der Waals surface area contributed by atoms with Gasteiger partial charge in [0.15, 0.2) is 12.1 Å². The number of imidazole rings is 1. The zero-order valence-electron chi connectivity index (χ0n) is 51.1. The molecule has 3 saturated heterocycles. The lowest BCUT2D eigenvalue weighted by molar-refractivity contribution is -0.364. The van der Waals surface area contributed by atoms with Gasteiger partial charge in [-0.3, -0.25) is 0 Å². The first-order valence-corrected chi connectivity index (χ1v) is 32.5. The Hall–Kier alpha value is -2.14. The van der Waals surface area contributed by atoms with Crippen molar-refractivity contribution in [2.45, 2.75) is 224 Å². The highest BCUT2D eigenvalue weighted by Gasteiger charge is 2.55. The predicted octanol–water partition coefficient (Wildman–Crippen LogP) is -0.927. The highest BCUT2D eigenvalue weighted by molar-refractivity contribution is 6.61. The summed E-state index contributed by atoms with van der Waals surface area (Å²) in [5, 5.41) is 118. The molecule has 14 N–H and O–H groups in total. The molecule has 3 fully saturated rings. The van der Waals surface area contributed by atoms with E-state index in [4.69, 9.17) is 66.2 Å². The summed E-state index contributed by atoms with van der Waals surface area (Å²) in [4.78, 5) is 25.6. The average molecular weight is 1240 g/mol. The summed E-state index contributed by atoms with van der Waals surface area (Å²) in [7, 11) is -2.71. The van der Waals surface area contributed by atoms with Crippen LogP contribution in [0.2, 0.25) is 12.1 Å². The molecule has 83 heavy (non-hydrogen) atoms. The minimum absolute atomic E-state index is 0.000488. The maximum absolute atomic E-state index is 11.7. The molecule has 1 aromatic rings. The van der Waals surface area contributed by atoms with Crippen molar-refractivity contribution in [1.29, 1.82) is 0 Å². The molecule has 490 valence electrons. The second-order valence-electron chi connectivity index (χ2n) is 21.9. The zero-order chi connectivity index (χ0) is 63.6. The van der Waals surface area contributed by atoms with Crippen molar-refractivity contribution in [3.05, 3.63) is 18.7 Å². The van der Waals surface area contributed by atoms with E-state index in [1.807, 2.05) is 62.3 Å². The van der Waals surface area contributed by atoms with E-state index in [0.29, 0.717) is 44.6 Å². The molecule has 18 unspecified atom stereocenters. The molecular weight excluding hydrogens is 1130 g/mol. The highest BCUT2D eigenvalue weighted by atomic mass is 28.4. The van der Waals surface area contributed by atoms with Crippen molar-refractivity contribution < 1.29 is 121 Å². The van der Waals surface area contributed by atoms with E-state index in [0.717, 1.165) is 17.4 Å². The third-order valence-corrected chi connectivity index (χ3v) is 20.2. The third-order valence-electron chi connectivity index (χ3n) is 14.4. The van der Waals surface area contributed by atoms with Gasteiger partial charge in [-0.15, -0.1) is 0 Å². The van der Waals surface area contributed by atoms with Crippen LogP contribution in [0.25, 0.3) is 0 Å². The Morgan fingerprint density at radius 1 is 0.699 bits per heavy atom. The fraction of sp³-hybridized carbons (Fsp3) is 0.906. The summed E-state index contributed by atoms with van der Waals surface area (Å²) in [6, 6.07) is 1.25. The molecule has 0 aromatic carbocycles. The van der Waals surface area contributed by atoms with Crippen LogP contribution in [-0.2, 0) is 55.0 Å². The molecule has 0 aliphatic carbocycles. The Morgan fingerprint density at radius 3 is 1.57 bits per heavy atom. The van der Waals surface area contributed by atoms with Crippen molar-refractivity contribution in [3.8, 4) is 0 Å². The van der Waals surface area contributed by atoms with Gasteiger partial charge in [0.1, 0.15) is 98.4 Å². The minimum atomic E-state index is -2.88. The Morgan fingerprint density at radius 2 is 1.18 bits per heavy atom. The van der Waals surface area contributed by atoms with Gasteiger partial charge in [-0.1, -0.05) is 68.7 Å². The van der Waals surface area contributed by atoms with E-state index < -0.39 is 140 Å². The number of aldehydes is 1. The number of rotatable bonds is 29. The van der Waals surface area contributed by atoms with Gasteiger partial charge in [0, 0.05) is 57.8 Å². The lowest BCUT2D eigenvalue weighted by Gasteiger charge is -2.47. The Bertz CT molecular complexity index is 1860. The van der Waals surface area contributed by atoms with Crippen LogP contribution >= 0.6 is 0 Å². The number of aliphatic hydroxyl groups is 12. The van der Waals surface area contributed by atoms with Gasteiger partial charge in [-0.2, -0.15) is 0 Å². The van der Waals surface area contributed by atoms with Crippen LogP contribution in [0.1, 0.15) is 102 Å². The number of aromatic nitrogens is 2. The maximum atomic E-state index is 11.7. The molecule has 3 aliphatic rings. The minimum Gasteiger partial charge on any atom is -0.446 e. The van der Waals surface area contributed by atoms with Gasteiger partial charge in [-0.05, 0) is 57.9 Å². The normalized spacial score (nSPS) is 30.6. The first kappa shape index (κ1) is 78.9. The van der Waals surface area contributed by atoms with Crippen LogP contribution in [-0.4, -0.2) is 271 Å². The SMILES string of the molecule is CC(C)C(C)OC(CO)C(O)C=O.CC(C)C1(O)OC(COC(=O)n2ccnc2)C(O)C(O)C1O.CCCC[Si](OCC)(OCC)OCC1OC(C(C)C)C(O)C(O)C1O.CO[Si](CCCN)(OC)OCC1OC(C(C)C)C(O)C(O)C1O. The lowest BCUT2D eigenvalue weighted by Crippen LogP contribution is -2.67. The number of unbranched alkanes of at least 4 members (excludes halogenated alkanes) is 1. The first-order chi connectivity index (χ1) is 38.9. The van der Waals surface area contributed by atoms with Gasteiger partial charge < -0.3 is 122 Å². The molecule has 30 heteroatoms. The molecule has 28 nitrogen and oxygen atoms in total. The summed E-state index contributed by atoms with van der Waals surface area (Å²) >= 11 is 0. The van der Waals surface area contributed by atoms with Gasteiger partial charge >= 0.3 is 23.7 Å². The van der Waals surface area contributed by atoms with Crippen LogP contribution < -0.4 is 5.73 Å². The molecule has 4 heterocycles. The summed E-state index contributed by atoms with van der Waals surface area (Å²) in [6.45, 7) is 23.2. The van der Waals surface area contributed by atoms with Crippen LogP contribution in [0, 0.1) is 23.7 Å². The number of hydrogen-bond donors (Lipinski definition) is 13. The number of aliphatic hydroxyl groups excluding tert-OH is 11. The molecule has 18 atom stereocenters. The first-order valence-electron chi connectivity index (χ1n) is 28.7. The fourth-order valence-electron chi connectivity index (χ4n) is 8.72. The number of carbonyl (C=O) groups excluding carboxylic acids is 2. The molecule has 3 aliphatic heterocycles. The van der Waals surface area contributed by atoms with E-state index in [-0.39, 0.29) is 43.7 Å². The Balaban J connectivity index is 0.000000566. The molecule has 0 saturated carbocycles. The molecule has 0 radical (unpaired) electrons. The van der Waals surface area contributed by atoms with Gasteiger partial charge in [0.2, 0.25) is 0 Å². The molecule has 1 aromatic heterocycles. The van der Waals surface area contributed by atoms with Crippen LogP contribution in [0.4, 0.5) is 4.79 Å². The van der Waals surface area contributed by atoms with Crippen LogP contribution in [0.3, 0.4) is 0 Å². The van der Waals surface area contributed by atoms with Crippen molar-refractivity contribution >= 4 is 30.0 Å². The Kier molecular flexibility index (Phi) is 37.1. The lowest BCUT2D eigenvalue weighted by atomic mass is 9.86. The Labute approximate surface area is 491 Å². The van der Waals surface area contributed by atoms with Crippen molar-refractivity contribution in [2.24, 2.45) is 29.4 Å². The van der Waals surface area contributed by atoms with Crippen molar-refractivity contribution in [1.82, 2.24) is 9.55 Å². The van der Waals surface area contributed by atoms with E-state index in [1.165, 1.54) is 32.9 Å². The summed E-state index contributed by atoms with van der Waals surface area (Å²) in [5.74, 6) is -2.34. The number of hydrogen-bond acceptors (Lipinski definition) is 27. The summed E-state index contributed by atoms with van der Waals surface area (Å²) in [6.07, 6.45) is -11.8. The van der Waals surface area contributed by atoms with E-state index in [2.05, 4.69) is 11.9 Å². The van der Waals surface area contributed by atoms with Gasteiger partial charge in [0.25, 0.3) is 0 Å². The van der Waals surface area contributed by atoms with Crippen LogP contribution in [0.15, 0.2) is 18.7 Å². The van der Waals surface area contributed by atoms with Crippen molar-refractivity contribution in [2.75, 3.05) is 60.4 Å². The van der Waals surface area contributed by atoms with Gasteiger partial charge in [0.05, 0.1) is 38.1 Å². The van der Waals surface area contributed by atoms with Crippen LogP contribution in [0.5, 0.6) is 0 Å². The summed E-state index contributed by atoms with van der Waals surface area (Å²) < 4.78 is 62.6. The largest absolute Gasteiger partial charge is 0.501 e. The standard InChI is InChI=1S/C17H36O7Si.C14H31NO7Si.C13H20N2O7.C9H18O4/c1-6-9-10-25(21-7-2,22-8-3)23-11-13-14(18)15(19)16(20)17(24-13)12(4)5;1-9(2)14-13(18)12(17)11(16)10(22-14)8-21-23(19-3,20-4)7-5-6-15;1-7(2)13(20)11(18)10(17)9(16)8(22-13)5-21-12(19)15-4-3-14-6-15;1-6(2)7(3)13-9(5-11)8(12)4-10/h12-20H,6-11H2,1-5H3;9-14,16-18H,5-8,15H2,1-4H3;3-4,6-11,16-18,20H,5H2,1-2H3;4,6-9,11-12H,5H2,1-3H3. The number of nitrogens with zero attached hydrogens (tertiary/aromatic N) is 2. The topological polar surface area (TPSA) is 422 Å². The second-order valence-corrected chi connectivity index (χ2v) is 27.6. The fourth-order valence-corrected chi connectivity index (χ4v) is 13.5. The second kappa shape index (κ2) is 39.0. The monoisotopic (exact) mass is 1240 g/mol. The smallest absolute Gasteiger partial charge is 0.446 e. The molecule has 0 bridgehead atoms. The maximum Gasteiger partial charge on any atom is 0.501 e. The van der Waals surface area contributed by atoms with Crippen molar-refractivity contribution in [3.63, 3.8) is 0 Å². The number of nitrogens with two attached hydrogens (primary N) is 1. The van der Waals surface area contributed by atoms with E-state index in [1.54, 1.807) is 13.8 Å². The zero-order valence-corrected chi connectivity index (χ0v) is 53.1. The molecule has 0 amide bonds. The van der Waals surface area contributed by atoms with E-state index in [9.17, 15) is 60.7 Å². The summed E-state index contributed by atoms with van der Waals surface area (Å²) in [5.41, 5.74) is 5.52. The predicted molar refractivity (Wildman–Crippen MR) is 302 cm³/mol. The van der Waals surface area contributed by atoms with Gasteiger partial charge in [-0.25, -0.2) is 14.3 Å².